The van der Waals surface area contributed by atoms with E-state index >= 15 is 4.39 Å². The van der Waals surface area contributed by atoms with Crippen molar-refractivity contribution >= 4 is 0 Å². The predicted octanol–water partition coefficient (Wildman–Crippen LogP) is 7.77. The van der Waals surface area contributed by atoms with Crippen molar-refractivity contribution in [1.82, 2.24) is 0 Å². The number of hydrogen-bond donors (Lipinski definition) is 0. The summed E-state index contributed by atoms with van der Waals surface area (Å²) in [6, 6.07) is 22.4. The van der Waals surface area contributed by atoms with E-state index in [4.69, 9.17) is 4.74 Å². The molecule has 0 spiro atoms. The first kappa shape index (κ1) is 20.6. The van der Waals surface area contributed by atoms with Crippen LogP contribution in [0.4, 0.5) is 4.39 Å². The molecule has 154 valence electrons. The van der Waals surface area contributed by atoms with E-state index in [1.807, 2.05) is 48.5 Å². The van der Waals surface area contributed by atoms with Crippen LogP contribution in [0.3, 0.4) is 0 Å². The molecule has 0 atom stereocenters. The normalized spacial score (nSPS) is 18.9. The zero-order valence-corrected chi connectivity index (χ0v) is 17.6. The van der Waals surface area contributed by atoms with Crippen LogP contribution in [-0.2, 0) is 11.3 Å². The van der Waals surface area contributed by atoms with Gasteiger partial charge in [-0.2, -0.15) is 0 Å². The highest BCUT2D eigenvalue weighted by Gasteiger charge is 2.26. The Morgan fingerprint density at radius 3 is 2.13 bits per heavy atom. The molecule has 2 heteroatoms. The minimum Gasteiger partial charge on any atom is -0.380 e. The van der Waals surface area contributed by atoms with Crippen LogP contribution in [0, 0.1) is 11.7 Å². The summed E-state index contributed by atoms with van der Waals surface area (Å²) >= 11 is 0. The van der Waals surface area contributed by atoms with Gasteiger partial charge in [0.05, 0.1) is 6.61 Å². The molecule has 0 unspecified atom stereocenters. The van der Waals surface area contributed by atoms with Crippen molar-refractivity contribution in [3.8, 4) is 22.3 Å². The monoisotopic (exact) mass is 400 g/mol. The Morgan fingerprint density at radius 2 is 1.50 bits per heavy atom. The lowest BCUT2D eigenvalue weighted by Gasteiger charge is -2.29. The zero-order valence-electron chi connectivity index (χ0n) is 17.6. The van der Waals surface area contributed by atoms with Crippen molar-refractivity contribution < 1.29 is 9.13 Å². The van der Waals surface area contributed by atoms with Gasteiger partial charge in [0.1, 0.15) is 5.82 Å². The number of halogens is 1. The number of hydrogen-bond acceptors (Lipinski definition) is 1. The fourth-order valence-electron chi connectivity index (χ4n) is 4.70. The highest BCUT2D eigenvalue weighted by molar-refractivity contribution is 5.71. The molecule has 0 heterocycles. The van der Waals surface area contributed by atoms with Crippen molar-refractivity contribution in [2.45, 2.75) is 38.2 Å². The summed E-state index contributed by atoms with van der Waals surface area (Å²) in [6.45, 7) is 4.38. The lowest BCUT2D eigenvalue weighted by Crippen LogP contribution is -2.15. The van der Waals surface area contributed by atoms with E-state index in [1.165, 1.54) is 5.56 Å². The van der Waals surface area contributed by atoms with E-state index in [2.05, 4.69) is 30.8 Å². The Hall–Kier alpha value is -2.71. The molecular weight excluding hydrogens is 371 g/mol. The van der Waals surface area contributed by atoms with Gasteiger partial charge in [-0.15, -0.1) is 6.58 Å². The molecule has 4 rings (SSSR count). The zero-order chi connectivity index (χ0) is 20.9. The maximum absolute atomic E-state index is 15.9. The van der Waals surface area contributed by atoms with Crippen molar-refractivity contribution in [2.24, 2.45) is 5.92 Å². The minimum atomic E-state index is -0.0842. The molecule has 1 aliphatic carbocycles. The average Bonchev–Trinajstić information content (AvgIpc) is 2.80. The Balaban J connectivity index is 1.68. The van der Waals surface area contributed by atoms with Crippen LogP contribution in [-0.4, -0.2) is 7.11 Å². The molecule has 0 saturated heterocycles. The predicted molar refractivity (Wildman–Crippen MR) is 123 cm³/mol. The van der Waals surface area contributed by atoms with Crippen molar-refractivity contribution in [1.29, 1.82) is 0 Å². The summed E-state index contributed by atoms with van der Waals surface area (Å²) in [5.74, 6) is 0.720. The van der Waals surface area contributed by atoms with Crippen LogP contribution in [0.1, 0.15) is 42.7 Å². The Kier molecular flexibility index (Phi) is 6.44. The molecular formula is C28H29FO. The summed E-state index contributed by atoms with van der Waals surface area (Å²) in [7, 11) is 1.67. The molecule has 1 saturated carbocycles. The number of ether oxygens (including phenoxy) is 1. The van der Waals surface area contributed by atoms with E-state index in [0.717, 1.165) is 47.9 Å². The minimum absolute atomic E-state index is 0.0842. The van der Waals surface area contributed by atoms with Gasteiger partial charge in [-0.05, 0) is 65.3 Å². The average molecular weight is 401 g/mol. The summed E-state index contributed by atoms with van der Waals surface area (Å²) in [5.41, 5.74) is 5.72. The third-order valence-electron chi connectivity index (χ3n) is 6.39. The Labute approximate surface area is 179 Å². The van der Waals surface area contributed by atoms with Crippen molar-refractivity contribution in [3.63, 3.8) is 0 Å². The molecule has 0 aromatic heterocycles. The van der Waals surface area contributed by atoms with Crippen LogP contribution in [0.25, 0.3) is 22.3 Å². The first-order valence-corrected chi connectivity index (χ1v) is 10.8. The Morgan fingerprint density at radius 1 is 0.867 bits per heavy atom. The molecule has 0 N–H and O–H groups in total. The van der Waals surface area contributed by atoms with Crippen LogP contribution in [0.15, 0.2) is 79.4 Å². The van der Waals surface area contributed by atoms with E-state index in [9.17, 15) is 0 Å². The molecule has 0 bridgehead atoms. The number of benzene rings is 3. The topological polar surface area (TPSA) is 9.23 Å². The number of rotatable bonds is 6. The quantitative estimate of drug-likeness (QED) is 0.384. The molecule has 3 aromatic carbocycles. The van der Waals surface area contributed by atoms with Gasteiger partial charge in [-0.25, -0.2) is 4.39 Å². The fourth-order valence-corrected chi connectivity index (χ4v) is 4.70. The second-order valence-electron chi connectivity index (χ2n) is 8.22. The van der Waals surface area contributed by atoms with E-state index in [0.29, 0.717) is 18.1 Å². The molecule has 30 heavy (non-hydrogen) atoms. The standard InChI is InChI=1S/C28H29FO/c1-3-20-9-11-24(12-10-20)27-25(19-30-2)17-18-26(28(27)29)23-15-13-22(14-16-23)21-7-5-4-6-8-21/h3-8,13-18,20,24H,1,9-12,19H2,2H3. The molecule has 1 nitrogen and oxygen atoms in total. The fraction of sp³-hybridized carbons (Fsp3) is 0.286. The van der Waals surface area contributed by atoms with E-state index < -0.39 is 0 Å². The lowest BCUT2D eigenvalue weighted by molar-refractivity contribution is 0.182. The summed E-state index contributed by atoms with van der Waals surface area (Å²) in [4.78, 5) is 0. The highest BCUT2D eigenvalue weighted by atomic mass is 19.1. The molecule has 3 aromatic rings. The van der Waals surface area contributed by atoms with Gasteiger partial charge in [-0.3, -0.25) is 0 Å². The van der Waals surface area contributed by atoms with Gasteiger partial charge >= 0.3 is 0 Å². The molecule has 1 aliphatic rings. The number of methoxy groups -OCH3 is 1. The molecule has 0 amide bonds. The van der Waals surface area contributed by atoms with Crippen molar-refractivity contribution in [3.05, 3.63) is 96.3 Å². The van der Waals surface area contributed by atoms with Crippen LogP contribution < -0.4 is 0 Å². The summed E-state index contributed by atoms with van der Waals surface area (Å²) in [5, 5.41) is 0. The second-order valence-corrected chi connectivity index (χ2v) is 8.22. The third kappa shape index (κ3) is 4.24. The SMILES string of the molecule is C=CC1CCC(c2c(COC)ccc(-c3ccc(-c4ccccc4)cc3)c2F)CC1. The maximum atomic E-state index is 15.9. The van der Waals surface area contributed by atoms with Crippen LogP contribution in [0.5, 0.6) is 0 Å². The van der Waals surface area contributed by atoms with E-state index in [-0.39, 0.29) is 11.7 Å². The van der Waals surface area contributed by atoms with Gasteiger partial charge in [0.15, 0.2) is 0 Å². The van der Waals surface area contributed by atoms with Crippen LogP contribution >= 0.6 is 0 Å². The smallest absolute Gasteiger partial charge is 0.134 e. The largest absolute Gasteiger partial charge is 0.380 e. The van der Waals surface area contributed by atoms with Gasteiger partial charge in [0.2, 0.25) is 0 Å². The summed E-state index contributed by atoms with van der Waals surface area (Å²) < 4.78 is 21.2. The second kappa shape index (κ2) is 9.40. The van der Waals surface area contributed by atoms with E-state index in [1.54, 1.807) is 7.11 Å². The molecule has 1 fully saturated rings. The first-order chi connectivity index (χ1) is 14.7. The third-order valence-corrected chi connectivity index (χ3v) is 6.39. The highest BCUT2D eigenvalue weighted by Crippen LogP contribution is 2.41. The molecule has 0 aliphatic heterocycles. The van der Waals surface area contributed by atoms with Crippen LogP contribution in [0.2, 0.25) is 0 Å². The number of allylic oxidation sites excluding steroid dienone is 1. The van der Waals surface area contributed by atoms with Gasteiger partial charge in [0.25, 0.3) is 0 Å². The van der Waals surface area contributed by atoms with Gasteiger partial charge < -0.3 is 4.74 Å². The van der Waals surface area contributed by atoms with Crippen molar-refractivity contribution in [2.75, 3.05) is 7.11 Å². The summed E-state index contributed by atoms with van der Waals surface area (Å²) in [6.07, 6.45) is 6.21. The lowest BCUT2D eigenvalue weighted by atomic mass is 9.76. The first-order valence-electron chi connectivity index (χ1n) is 10.8. The molecule has 0 radical (unpaired) electrons. The van der Waals surface area contributed by atoms with Gasteiger partial charge in [0, 0.05) is 12.7 Å². The van der Waals surface area contributed by atoms with Gasteiger partial charge in [-0.1, -0.05) is 72.8 Å². The Bertz CT molecular complexity index is 983. The maximum Gasteiger partial charge on any atom is 0.134 e.